The van der Waals surface area contributed by atoms with E-state index in [1.807, 2.05) is 4.90 Å². The van der Waals surface area contributed by atoms with Crippen molar-refractivity contribution in [1.82, 2.24) is 9.55 Å². The fourth-order valence-corrected chi connectivity index (χ4v) is 4.12. The van der Waals surface area contributed by atoms with Crippen molar-refractivity contribution in [1.29, 1.82) is 0 Å². The van der Waals surface area contributed by atoms with Crippen molar-refractivity contribution in [3.05, 3.63) is 63.9 Å². The normalized spacial score (nSPS) is 14.5. The van der Waals surface area contributed by atoms with Gasteiger partial charge in [-0.3, -0.25) is 9.36 Å². The van der Waals surface area contributed by atoms with Gasteiger partial charge in [-0.1, -0.05) is 18.2 Å². The Balaban J connectivity index is 1.95. The molecule has 4 rings (SSSR count). The molecule has 0 spiro atoms. The van der Waals surface area contributed by atoms with Crippen LogP contribution in [0.2, 0.25) is 0 Å². The number of hydrogen-bond acceptors (Lipinski definition) is 6. The third-order valence-corrected chi connectivity index (χ3v) is 6.08. The summed E-state index contributed by atoms with van der Waals surface area (Å²) in [4.78, 5) is 20.4. The minimum absolute atomic E-state index is 0.0475. The summed E-state index contributed by atoms with van der Waals surface area (Å²) >= 11 is 0. The molecule has 1 saturated heterocycles. The molecule has 9 heteroatoms. The van der Waals surface area contributed by atoms with E-state index < -0.39 is 11.6 Å². The molecule has 0 saturated carbocycles. The number of nitrogens with zero attached hydrogens (tertiary/aromatic N) is 3. The second kappa shape index (κ2) is 9.29. The van der Waals surface area contributed by atoms with E-state index in [0.717, 1.165) is 12.8 Å². The van der Waals surface area contributed by atoms with Crippen LogP contribution in [0.5, 0.6) is 5.75 Å². The first-order valence-electron chi connectivity index (χ1n) is 10.8. The highest BCUT2D eigenvalue weighted by atomic mass is 19.1. The maximum atomic E-state index is 14.6. The zero-order chi connectivity index (χ0) is 23.7. The molecule has 1 aliphatic heterocycles. The Bertz CT molecular complexity index is 1240. The molecule has 33 heavy (non-hydrogen) atoms. The molecule has 174 valence electrons. The van der Waals surface area contributed by atoms with Gasteiger partial charge in [0.1, 0.15) is 5.82 Å². The maximum Gasteiger partial charge on any atom is 0.263 e. The van der Waals surface area contributed by atoms with Gasteiger partial charge in [0.05, 0.1) is 18.4 Å². The Labute approximate surface area is 190 Å². The van der Waals surface area contributed by atoms with Crippen LogP contribution in [-0.4, -0.2) is 35.8 Å². The van der Waals surface area contributed by atoms with E-state index in [0.29, 0.717) is 35.7 Å². The number of rotatable bonds is 5. The van der Waals surface area contributed by atoms with Crippen molar-refractivity contribution in [3.8, 4) is 28.1 Å². The lowest BCUT2D eigenvalue weighted by Crippen LogP contribution is -2.42. The Morgan fingerprint density at radius 2 is 1.76 bits per heavy atom. The second-order valence-corrected chi connectivity index (χ2v) is 8.18. The highest BCUT2D eigenvalue weighted by molar-refractivity contribution is 5.81. The van der Waals surface area contributed by atoms with Crippen LogP contribution in [-0.2, 0) is 13.6 Å². The molecular weight excluding hydrogens is 428 g/mol. The first kappa shape index (κ1) is 22.9. The fourth-order valence-electron chi connectivity index (χ4n) is 4.12. The smallest absolute Gasteiger partial charge is 0.263 e. The van der Waals surface area contributed by atoms with Crippen molar-refractivity contribution in [3.63, 3.8) is 0 Å². The van der Waals surface area contributed by atoms with Gasteiger partial charge in [0.2, 0.25) is 5.95 Å². The number of halogens is 2. The second-order valence-electron chi connectivity index (χ2n) is 8.18. The van der Waals surface area contributed by atoms with Gasteiger partial charge in [0.15, 0.2) is 11.6 Å². The number of ether oxygens (including phenoxy) is 1. The predicted octanol–water partition coefficient (Wildman–Crippen LogP) is 2.79. The highest BCUT2D eigenvalue weighted by Crippen LogP contribution is 2.33. The van der Waals surface area contributed by atoms with Crippen molar-refractivity contribution in [2.75, 3.05) is 25.1 Å². The first-order chi connectivity index (χ1) is 15.8. The third-order valence-electron chi connectivity index (χ3n) is 6.08. The third kappa shape index (κ3) is 4.34. The molecule has 0 atom stereocenters. The van der Waals surface area contributed by atoms with E-state index in [1.165, 1.54) is 29.9 Å². The number of hydrogen-bond donors (Lipinski definition) is 2. The number of nitrogens with two attached hydrogens (primary N) is 2. The molecule has 2 aromatic carbocycles. The molecule has 0 radical (unpaired) electrons. The molecule has 1 aliphatic rings. The number of aromatic nitrogens is 2. The lowest BCUT2D eigenvalue weighted by molar-refractivity contribution is 0.386. The lowest BCUT2D eigenvalue weighted by Gasteiger charge is -2.32. The Hall–Kier alpha value is -3.30. The zero-order valence-electron chi connectivity index (χ0n) is 18.6. The number of benzene rings is 2. The molecule has 7 nitrogen and oxygen atoms in total. The van der Waals surface area contributed by atoms with Crippen LogP contribution in [0.15, 0.2) is 41.2 Å². The van der Waals surface area contributed by atoms with Crippen LogP contribution in [0.3, 0.4) is 0 Å². The molecule has 1 fully saturated rings. The molecule has 4 N–H and O–H groups in total. The summed E-state index contributed by atoms with van der Waals surface area (Å²) in [5, 5.41) is 0. The summed E-state index contributed by atoms with van der Waals surface area (Å²) < 4.78 is 35.6. The Morgan fingerprint density at radius 1 is 1.09 bits per heavy atom. The average molecular weight is 456 g/mol. The van der Waals surface area contributed by atoms with Gasteiger partial charge in [0.25, 0.3) is 5.56 Å². The fraction of sp³-hybridized carbons (Fsp3) is 0.333. The summed E-state index contributed by atoms with van der Waals surface area (Å²) in [7, 11) is 3.00. The molecule has 1 aromatic heterocycles. The first-order valence-corrected chi connectivity index (χ1v) is 10.8. The van der Waals surface area contributed by atoms with Crippen molar-refractivity contribution >= 4 is 5.95 Å². The van der Waals surface area contributed by atoms with Crippen LogP contribution < -0.4 is 26.7 Å². The molecule has 0 unspecified atom stereocenters. The Kier molecular flexibility index (Phi) is 6.44. The van der Waals surface area contributed by atoms with Crippen LogP contribution in [0.1, 0.15) is 18.4 Å². The molecular formula is C24H27F2N5O2. The molecule has 0 amide bonds. The molecule has 0 aliphatic carbocycles. The van der Waals surface area contributed by atoms with E-state index in [2.05, 4.69) is 0 Å². The molecule has 2 heterocycles. The Morgan fingerprint density at radius 3 is 2.36 bits per heavy atom. The summed E-state index contributed by atoms with van der Waals surface area (Å²) in [5.41, 5.74) is 12.8. The predicted molar refractivity (Wildman–Crippen MR) is 124 cm³/mol. The summed E-state index contributed by atoms with van der Waals surface area (Å²) in [6, 6.07) is 8.93. The largest absolute Gasteiger partial charge is 0.494 e. The van der Waals surface area contributed by atoms with E-state index in [9.17, 15) is 13.6 Å². The van der Waals surface area contributed by atoms with Gasteiger partial charge in [0, 0.05) is 43.9 Å². The summed E-state index contributed by atoms with van der Waals surface area (Å²) in [6.45, 7) is 1.35. The SMILES string of the molecule is COc1ccc(-c2c(-c3ccc(CN)c(F)c3)nc(N3CCC(N)CC3)n(C)c2=O)cc1F. The summed E-state index contributed by atoms with van der Waals surface area (Å²) in [6.07, 6.45) is 1.55. The van der Waals surface area contributed by atoms with Crippen molar-refractivity contribution < 1.29 is 13.5 Å². The quantitative estimate of drug-likeness (QED) is 0.614. The van der Waals surface area contributed by atoms with E-state index in [-0.39, 0.29) is 35.2 Å². The van der Waals surface area contributed by atoms with Crippen molar-refractivity contribution in [2.45, 2.75) is 25.4 Å². The average Bonchev–Trinajstić information content (AvgIpc) is 2.81. The minimum Gasteiger partial charge on any atom is -0.494 e. The van der Waals surface area contributed by atoms with Crippen LogP contribution >= 0.6 is 0 Å². The lowest BCUT2D eigenvalue weighted by atomic mass is 9.98. The molecule has 3 aromatic rings. The van der Waals surface area contributed by atoms with E-state index in [1.54, 1.807) is 25.2 Å². The van der Waals surface area contributed by atoms with Gasteiger partial charge in [-0.05, 0) is 36.6 Å². The van der Waals surface area contributed by atoms with Gasteiger partial charge in [-0.15, -0.1) is 0 Å². The van der Waals surface area contributed by atoms with Crippen LogP contribution in [0.4, 0.5) is 14.7 Å². The zero-order valence-corrected chi connectivity index (χ0v) is 18.6. The van der Waals surface area contributed by atoms with Gasteiger partial charge < -0.3 is 21.1 Å². The van der Waals surface area contributed by atoms with Crippen LogP contribution in [0.25, 0.3) is 22.4 Å². The number of anilines is 1. The highest BCUT2D eigenvalue weighted by Gasteiger charge is 2.25. The van der Waals surface area contributed by atoms with Crippen molar-refractivity contribution in [2.24, 2.45) is 18.5 Å². The maximum absolute atomic E-state index is 14.6. The number of methoxy groups -OCH3 is 1. The van der Waals surface area contributed by atoms with E-state index >= 15 is 0 Å². The standard InChI is InChI=1S/C24H27F2N5O2/c1-30-23(32)21(14-5-6-20(33-2)19(26)11-14)22(15-3-4-16(13-27)18(25)12-15)29-24(30)31-9-7-17(28)8-10-31/h3-6,11-12,17H,7-10,13,27-28H2,1-2H3. The van der Waals surface area contributed by atoms with Gasteiger partial charge in [-0.2, -0.15) is 0 Å². The van der Waals surface area contributed by atoms with Gasteiger partial charge in [-0.25, -0.2) is 13.8 Å². The number of piperidine rings is 1. The topological polar surface area (TPSA) is 99.4 Å². The van der Waals surface area contributed by atoms with Gasteiger partial charge >= 0.3 is 0 Å². The minimum atomic E-state index is -0.609. The van der Waals surface area contributed by atoms with E-state index in [4.69, 9.17) is 21.2 Å². The summed E-state index contributed by atoms with van der Waals surface area (Å²) in [5.74, 6) is -0.579. The molecule has 0 bridgehead atoms. The monoisotopic (exact) mass is 455 g/mol. The van der Waals surface area contributed by atoms with Crippen LogP contribution in [0, 0.1) is 11.6 Å².